The molecular weight excluding hydrogens is 410 g/mol. The Kier molecular flexibility index (Phi) is 5.03. The Bertz CT molecular complexity index is 1070. The monoisotopic (exact) mass is 449 g/mol. The topological polar surface area (TPSA) is 68.0 Å². The predicted octanol–water partition coefficient (Wildman–Crippen LogP) is 5.33. The van der Waals surface area contributed by atoms with Crippen LogP contribution < -0.4 is 0 Å². The third kappa shape index (κ3) is 3.40. The minimum absolute atomic E-state index is 0.136. The van der Waals surface area contributed by atoms with Gasteiger partial charge in [0.25, 0.3) is 0 Å². The Hall–Kier alpha value is -1.75. The van der Waals surface area contributed by atoms with Crippen LogP contribution in [0.2, 0.25) is 0 Å². The van der Waals surface area contributed by atoms with Crippen LogP contribution in [-0.2, 0) is 11.3 Å². The first-order chi connectivity index (χ1) is 15.8. The van der Waals surface area contributed by atoms with Gasteiger partial charge in [-0.25, -0.2) is 4.68 Å². The standard InChI is InChI=1S/C28H39N3O2/c1-17-5-4-6-24-26(17)29-30-31(24)16-25(32)23-10-9-22-21-8-7-18-15-27(2,33)13-11-19(18)20(21)12-14-28(22,23)3/h4-6,18-23,33H,7-16H2,1-3H3/t18-,19+,20-,21-,22+,23-,27-,28+/m1/s1. The SMILES string of the molecule is Cc1cccc2c1nnn2CC(=O)[C@H]1CC[C@H]2[C@@H]3CC[C@@H]4C[C@](C)(O)CC[C@@H]4[C@H]3CC[C@]12C. The van der Waals surface area contributed by atoms with Crippen LogP contribution in [0.15, 0.2) is 18.2 Å². The predicted molar refractivity (Wildman–Crippen MR) is 128 cm³/mol. The van der Waals surface area contributed by atoms with Crippen molar-refractivity contribution < 1.29 is 9.90 Å². The molecule has 8 atom stereocenters. The fourth-order valence-electron chi connectivity index (χ4n) is 9.11. The number of hydrogen-bond donors (Lipinski definition) is 1. The number of aliphatic hydroxyl groups is 1. The first-order valence-corrected chi connectivity index (χ1v) is 13.3. The third-order valence-electron chi connectivity index (χ3n) is 10.7. The van der Waals surface area contributed by atoms with E-state index in [-0.39, 0.29) is 11.3 Å². The normalized spacial score (nSPS) is 42.5. The lowest BCUT2D eigenvalue weighted by Gasteiger charge is -2.56. The fourth-order valence-corrected chi connectivity index (χ4v) is 9.11. The Morgan fingerprint density at radius 1 is 1.06 bits per heavy atom. The molecule has 4 saturated carbocycles. The van der Waals surface area contributed by atoms with Gasteiger partial charge in [0.05, 0.1) is 11.1 Å². The summed E-state index contributed by atoms with van der Waals surface area (Å²) in [6, 6.07) is 6.10. The van der Waals surface area contributed by atoms with Crippen molar-refractivity contribution in [2.24, 2.45) is 40.9 Å². The number of aryl methyl sites for hydroxylation is 1. The van der Waals surface area contributed by atoms with E-state index in [1.807, 2.05) is 36.7 Å². The quantitative estimate of drug-likeness (QED) is 0.688. The number of ketones is 1. The first-order valence-electron chi connectivity index (χ1n) is 13.3. The molecule has 4 aliphatic carbocycles. The summed E-state index contributed by atoms with van der Waals surface area (Å²) < 4.78 is 1.83. The second-order valence-corrected chi connectivity index (χ2v) is 12.5. The number of carbonyl (C=O) groups is 1. The summed E-state index contributed by atoms with van der Waals surface area (Å²) in [7, 11) is 0. The van der Waals surface area contributed by atoms with Crippen molar-refractivity contribution >= 4 is 16.8 Å². The van der Waals surface area contributed by atoms with Crippen LogP contribution in [0.1, 0.15) is 77.2 Å². The Labute approximate surface area is 197 Å². The number of hydrogen-bond acceptors (Lipinski definition) is 4. The van der Waals surface area contributed by atoms with Gasteiger partial charge in [-0.3, -0.25) is 4.79 Å². The summed E-state index contributed by atoms with van der Waals surface area (Å²) in [5.41, 5.74) is 2.67. The molecule has 1 aromatic heterocycles. The minimum atomic E-state index is -0.452. The van der Waals surface area contributed by atoms with Crippen LogP contribution in [0.5, 0.6) is 0 Å². The molecule has 33 heavy (non-hydrogen) atoms. The number of benzene rings is 1. The Morgan fingerprint density at radius 2 is 1.88 bits per heavy atom. The molecule has 5 nitrogen and oxygen atoms in total. The van der Waals surface area contributed by atoms with E-state index in [2.05, 4.69) is 17.2 Å². The molecule has 0 bridgehead atoms. The molecule has 4 fully saturated rings. The zero-order valence-electron chi connectivity index (χ0n) is 20.5. The minimum Gasteiger partial charge on any atom is -0.390 e. The van der Waals surface area contributed by atoms with E-state index in [0.29, 0.717) is 24.2 Å². The van der Waals surface area contributed by atoms with Crippen molar-refractivity contribution in [2.75, 3.05) is 0 Å². The van der Waals surface area contributed by atoms with Crippen molar-refractivity contribution in [3.05, 3.63) is 23.8 Å². The molecule has 6 rings (SSSR count). The van der Waals surface area contributed by atoms with Crippen molar-refractivity contribution in [3.8, 4) is 0 Å². The van der Waals surface area contributed by atoms with E-state index in [9.17, 15) is 9.90 Å². The van der Waals surface area contributed by atoms with E-state index in [1.54, 1.807) is 0 Å². The van der Waals surface area contributed by atoms with Crippen LogP contribution in [0, 0.1) is 47.8 Å². The van der Waals surface area contributed by atoms with Gasteiger partial charge in [0, 0.05) is 5.92 Å². The molecule has 0 spiro atoms. The summed E-state index contributed by atoms with van der Waals surface area (Å²) in [5, 5.41) is 19.3. The molecular formula is C28H39N3O2. The van der Waals surface area contributed by atoms with Gasteiger partial charge in [0.15, 0.2) is 5.78 Å². The van der Waals surface area contributed by atoms with E-state index < -0.39 is 5.60 Å². The number of Topliss-reactive ketones (excluding diaryl/α,β-unsaturated/α-hetero) is 1. The smallest absolute Gasteiger partial charge is 0.157 e. The molecule has 0 amide bonds. The maximum absolute atomic E-state index is 13.6. The molecule has 1 heterocycles. The second kappa shape index (κ2) is 7.63. The number of carbonyl (C=O) groups excluding carboxylic acids is 1. The number of nitrogens with zero attached hydrogens (tertiary/aromatic N) is 3. The van der Waals surface area contributed by atoms with Crippen molar-refractivity contribution in [1.29, 1.82) is 0 Å². The van der Waals surface area contributed by atoms with Gasteiger partial charge >= 0.3 is 0 Å². The van der Waals surface area contributed by atoms with Crippen molar-refractivity contribution in [3.63, 3.8) is 0 Å². The number of rotatable bonds is 3. The molecule has 0 unspecified atom stereocenters. The largest absolute Gasteiger partial charge is 0.390 e. The van der Waals surface area contributed by atoms with E-state index >= 15 is 0 Å². The summed E-state index contributed by atoms with van der Waals surface area (Å²) in [5.74, 6) is 4.29. The Morgan fingerprint density at radius 3 is 2.73 bits per heavy atom. The summed E-state index contributed by atoms with van der Waals surface area (Å²) >= 11 is 0. The van der Waals surface area contributed by atoms with Crippen LogP contribution >= 0.6 is 0 Å². The summed E-state index contributed by atoms with van der Waals surface area (Å²) in [4.78, 5) is 13.6. The van der Waals surface area contributed by atoms with Gasteiger partial charge in [-0.05, 0) is 118 Å². The van der Waals surface area contributed by atoms with Crippen molar-refractivity contribution in [2.45, 2.75) is 90.7 Å². The highest BCUT2D eigenvalue weighted by atomic mass is 16.3. The van der Waals surface area contributed by atoms with Crippen LogP contribution in [0.4, 0.5) is 0 Å². The highest BCUT2D eigenvalue weighted by Gasteiger charge is 2.58. The second-order valence-electron chi connectivity index (χ2n) is 12.5. The van der Waals surface area contributed by atoms with Crippen LogP contribution in [0.25, 0.3) is 11.0 Å². The molecule has 1 aromatic carbocycles. The lowest BCUT2D eigenvalue weighted by Crippen LogP contribution is -2.51. The highest BCUT2D eigenvalue weighted by molar-refractivity contribution is 5.84. The van der Waals surface area contributed by atoms with Crippen LogP contribution in [-0.4, -0.2) is 31.5 Å². The van der Waals surface area contributed by atoms with Crippen molar-refractivity contribution in [1.82, 2.24) is 15.0 Å². The number of aromatic nitrogens is 3. The maximum atomic E-state index is 13.6. The van der Waals surface area contributed by atoms with Gasteiger partial charge in [0.1, 0.15) is 12.1 Å². The van der Waals surface area contributed by atoms with E-state index in [4.69, 9.17) is 0 Å². The lowest BCUT2D eigenvalue weighted by molar-refractivity contribution is -0.133. The molecule has 4 aliphatic rings. The van der Waals surface area contributed by atoms with Gasteiger partial charge in [-0.2, -0.15) is 0 Å². The zero-order valence-corrected chi connectivity index (χ0v) is 20.5. The average molecular weight is 450 g/mol. The maximum Gasteiger partial charge on any atom is 0.157 e. The van der Waals surface area contributed by atoms with Crippen LogP contribution in [0.3, 0.4) is 0 Å². The molecule has 2 aromatic rings. The first kappa shape index (κ1) is 21.8. The van der Waals surface area contributed by atoms with E-state index in [1.165, 1.54) is 38.5 Å². The molecule has 0 saturated heterocycles. The highest BCUT2D eigenvalue weighted by Crippen LogP contribution is 2.64. The molecule has 0 radical (unpaired) electrons. The van der Waals surface area contributed by atoms with Gasteiger partial charge < -0.3 is 5.11 Å². The zero-order chi connectivity index (χ0) is 23.0. The van der Waals surface area contributed by atoms with Gasteiger partial charge in [-0.15, -0.1) is 5.10 Å². The molecule has 0 aliphatic heterocycles. The van der Waals surface area contributed by atoms with E-state index in [0.717, 1.165) is 53.6 Å². The van der Waals surface area contributed by atoms with Gasteiger partial charge in [-0.1, -0.05) is 24.3 Å². The lowest BCUT2D eigenvalue weighted by atomic mass is 9.49. The third-order valence-corrected chi connectivity index (χ3v) is 10.7. The molecule has 178 valence electrons. The fraction of sp³-hybridized carbons (Fsp3) is 0.750. The summed E-state index contributed by atoms with van der Waals surface area (Å²) in [6.45, 7) is 6.87. The molecule has 5 heteroatoms. The average Bonchev–Trinajstić information content (AvgIpc) is 3.34. The number of fused-ring (bicyclic) bond motifs is 6. The Balaban J connectivity index is 1.20. The van der Waals surface area contributed by atoms with Gasteiger partial charge in [0.2, 0.25) is 0 Å². The molecule has 1 N–H and O–H groups in total. The summed E-state index contributed by atoms with van der Waals surface area (Å²) in [6.07, 6.45) is 10.4.